The number of primary amides is 1. The Morgan fingerprint density at radius 3 is 2.31 bits per heavy atom. The van der Waals surface area contributed by atoms with Crippen molar-refractivity contribution in [1.82, 2.24) is 15.0 Å². The molecule has 0 spiro atoms. The van der Waals surface area contributed by atoms with Crippen LogP contribution in [0.4, 0.5) is 13.2 Å². The molecule has 8 nitrogen and oxygen atoms in total. The number of aromatic carboxylic acids is 1. The predicted octanol–water partition coefficient (Wildman–Crippen LogP) is 4.01. The summed E-state index contributed by atoms with van der Waals surface area (Å²) < 4.78 is 44.9. The molecular weight excluding hydrogens is 429 g/mol. The van der Waals surface area contributed by atoms with Gasteiger partial charge < -0.3 is 15.3 Å². The molecule has 0 bridgehead atoms. The maximum atomic E-state index is 12.8. The van der Waals surface area contributed by atoms with Crippen molar-refractivity contribution in [2.24, 2.45) is 5.73 Å². The summed E-state index contributed by atoms with van der Waals surface area (Å²) in [5, 5.41) is 17.4. The van der Waals surface area contributed by atoms with Crippen molar-refractivity contribution < 1.29 is 32.3 Å². The first-order chi connectivity index (χ1) is 15.1. The third kappa shape index (κ3) is 4.08. The fourth-order valence-corrected chi connectivity index (χ4v) is 2.99. The molecule has 11 heteroatoms. The summed E-state index contributed by atoms with van der Waals surface area (Å²) in [6.45, 7) is 0. The van der Waals surface area contributed by atoms with E-state index in [0.29, 0.717) is 16.8 Å². The van der Waals surface area contributed by atoms with Gasteiger partial charge in [-0.15, -0.1) is 5.10 Å². The van der Waals surface area contributed by atoms with Gasteiger partial charge in [0.2, 0.25) is 0 Å². The molecule has 32 heavy (non-hydrogen) atoms. The van der Waals surface area contributed by atoms with E-state index in [1.165, 1.54) is 47.3 Å². The molecule has 4 rings (SSSR count). The van der Waals surface area contributed by atoms with Crippen LogP contribution in [0.2, 0.25) is 0 Å². The zero-order valence-electron chi connectivity index (χ0n) is 16.0. The van der Waals surface area contributed by atoms with E-state index in [1.54, 1.807) is 6.07 Å². The Kier molecular flexibility index (Phi) is 5.01. The van der Waals surface area contributed by atoms with Crippen molar-refractivity contribution in [3.8, 4) is 28.3 Å². The minimum absolute atomic E-state index is 0.0823. The molecular formula is C21H13F3N4O4. The molecule has 4 aromatic rings. The van der Waals surface area contributed by atoms with Gasteiger partial charge in [0.15, 0.2) is 5.76 Å². The molecule has 0 aliphatic carbocycles. The Bertz CT molecular complexity index is 1320. The van der Waals surface area contributed by atoms with Crippen molar-refractivity contribution in [2.45, 2.75) is 6.18 Å². The number of furan rings is 1. The lowest BCUT2D eigenvalue weighted by atomic mass is 10.1. The van der Waals surface area contributed by atoms with Gasteiger partial charge in [-0.05, 0) is 42.5 Å². The van der Waals surface area contributed by atoms with Crippen LogP contribution in [0.1, 0.15) is 26.5 Å². The summed E-state index contributed by atoms with van der Waals surface area (Å²) in [4.78, 5) is 22.9. The largest absolute Gasteiger partial charge is 0.478 e. The van der Waals surface area contributed by atoms with E-state index in [2.05, 4.69) is 10.3 Å². The van der Waals surface area contributed by atoms with E-state index in [1.807, 2.05) is 0 Å². The summed E-state index contributed by atoms with van der Waals surface area (Å²) >= 11 is 0. The molecule has 3 N–H and O–H groups in total. The average Bonchev–Trinajstić information content (AvgIpc) is 3.43. The topological polar surface area (TPSA) is 124 Å². The van der Waals surface area contributed by atoms with Crippen LogP contribution in [-0.4, -0.2) is 32.0 Å². The van der Waals surface area contributed by atoms with E-state index in [0.717, 1.165) is 12.1 Å². The van der Waals surface area contributed by atoms with Gasteiger partial charge in [0, 0.05) is 11.1 Å². The Morgan fingerprint density at radius 2 is 1.72 bits per heavy atom. The van der Waals surface area contributed by atoms with Crippen LogP contribution in [0.25, 0.3) is 28.3 Å². The second-order valence-corrected chi connectivity index (χ2v) is 6.73. The van der Waals surface area contributed by atoms with Gasteiger partial charge in [-0.25, -0.2) is 9.48 Å². The number of amides is 1. The van der Waals surface area contributed by atoms with Crippen LogP contribution < -0.4 is 5.73 Å². The summed E-state index contributed by atoms with van der Waals surface area (Å²) in [7, 11) is 0. The number of halogens is 3. The number of hydrogen-bond donors (Lipinski definition) is 2. The first kappa shape index (κ1) is 20.8. The quantitative estimate of drug-likeness (QED) is 0.481. The van der Waals surface area contributed by atoms with Gasteiger partial charge in [0.25, 0.3) is 5.91 Å². The number of alkyl halides is 3. The maximum Gasteiger partial charge on any atom is 0.416 e. The molecule has 0 aliphatic heterocycles. The highest BCUT2D eigenvalue weighted by Gasteiger charge is 2.30. The fraction of sp³-hybridized carbons (Fsp3) is 0.0476. The normalized spacial score (nSPS) is 11.5. The van der Waals surface area contributed by atoms with Gasteiger partial charge in [-0.2, -0.15) is 13.2 Å². The molecule has 0 saturated heterocycles. The first-order valence-electron chi connectivity index (χ1n) is 9.00. The monoisotopic (exact) mass is 442 g/mol. The fourth-order valence-electron chi connectivity index (χ4n) is 2.99. The van der Waals surface area contributed by atoms with E-state index < -0.39 is 23.6 Å². The number of nitrogens with zero attached hydrogens (tertiary/aromatic N) is 3. The SMILES string of the molecule is NC(=O)c1ccc(-c2cc(C(=O)O)cc(-n3cc(-c4ccc(C(F)(F)F)cc4)nn3)c2)o1. The zero-order chi connectivity index (χ0) is 23.0. The van der Waals surface area contributed by atoms with E-state index in [4.69, 9.17) is 10.2 Å². The lowest BCUT2D eigenvalue weighted by Gasteiger charge is -2.07. The van der Waals surface area contributed by atoms with Gasteiger partial charge >= 0.3 is 12.1 Å². The van der Waals surface area contributed by atoms with E-state index in [-0.39, 0.29) is 22.8 Å². The molecule has 2 aromatic heterocycles. The standard InChI is InChI=1S/C21H13F3N4O4/c22-21(23,24)14-3-1-11(2-4-14)16-10-28(27-26-16)15-8-12(7-13(9-15)20(30)31)17-5-6-18(32-17)19(25)29/h1-10H,(H2,25,29)(H,30,31). The Hall–Kier alpha value is -4.41. The molecule has 0 fully saturated rings. The van der Waals surface area contributed by atoms with Gasteiger partial charge in [-0.3, -0.25) is 4.79 Å². The van der Waals surface area contributed by atoms with Crippen LogP contribution in [0.5, 0.6) is 0 Å². The van der Waals surface area contributed by atoms with Crippen LogP contribution in [-0.2, 0) is 6.18 Å². The van der Waals surface area contributed by atoms with Gasteiger partial charge in [0.1, 0.15) is 11.5 Å². The molecule has 0 aliphatic rings. The highest BCUT2D eigenvalue weighted by Crippen LogP contribution is 2.31. The molecule has 2 heterocycles. The van der Waals surface area contributed by atoms with Gasteiger partial charge in [0.05, 0.1) is 23.0 Å². The second-order valence-electron chi connectivity index (χ2n) is 6.73. The van der Waals surface area contributed by atoms with E-state index >= 15 is 0 Å². The third-order valence-corrected chi connectivity index (χ3v) is 4.56. The van der Waals surface area contributed by atoms with Gasteiger partial charge in [-0.1, -0.05) is 17.3 Å². The van der Waals surface area contributed by atoms with Crippen LogP contribution in [0.3, 0.4) is 0 Å². The molecule has 0 atom stereocenters. The number of nitrogens with two attached hydrogens (primary N) is 1. The highest BCUT2D eigenvalue weighted by molar-refractivity contribution is 5.92. The molecule has 162 valence electrons. The van der Waals surface area contributed by atoms with Crippen molar-refractivity contribution >= 4 is 11.9 Å². The molecule has 0 radical (unpaired) electrons. The number of rotatable bonds is 5. The first-order valence-corrected chi connectivity index (χ1v) is 9.00. The van der Waals surface area contributed by atoms with Crippen molar-refractivity contribution in [2.75, 3.05) is 0 Å². The molecule has 2 aromatic carbocycles. The average molecular weight is 442 g/mol. The van der Waals surface area contributed by atoms with Crippen molar-refractivity contribution in [1.29, 1.82) is 0 Å². The summed E-state index contributed by atoms with van der Waals surface area (Å²) in [5.41, 5.74) is 5.65. The number of hydrogen-bond acceptors (Lipinski definition) is 5. The maximum absolute atomic E-state index is 12.8. The van der Waals surface area contributed by atoms with Crippen LogP contribution in [0, 0.1) is 0 Å². The molecule has 1 amide bonds. The zero-order valence-corrected chi connectivity index (χ0v) is 16.0. The van der Waals surface area contributed by atoms with Crippen molar-refractivity contribution in [3.05, 3.63) is 77.7 Å². The number of carboxylic acid groups (broad SMARTS) is 1. The van der Waals surface area contributed by atoms with Crippen LogP contribution in [0.15, 0.2) is 65.2 Å². The number of benzene rings is 2. The molecule has 0 unspecified atom stereocenters. The number of carboxylic acids is 1. The third-order valence-electron chi connectivity index (χ3n) is 4.56. The number of carbonyl (C=O) groups is 2. The second kappa shape index (κ2) is 7.69. The number of carbonyl (C=O) groups excluding carboxylic acids is 1. The van der Waals surface area contributed by atoms with E-state index in [9.17, 15) is 27.9 Å². The smallest absolute Gasteiger partial charge is 0.416 e. The Balaban J connectivity index is 1.72. The highest BCUT2D eigenvalue weighted by atomic mass is 19.4. The Morgan fingerprint density at radius 1 is 1.00 bits per heavy atom. The van der Waals surface area contributed by atoms with Crippen LogP contribution >= 0.6 is 0 Å². The minimum atomic E-state index is -4.45. The summed E-state index contributed by atoms with van der Waals surface area (Å²) in [5.74, 6) is -1.86. The predicted molar refractivity (Wildman–Crippen MR) is 105 cm³/mol. The summed E-state index contributed by atoms with van der Waals surface area (Å²) in [6.07, 6.45) is -3.01. The lowest BCUT2D eigenvalue weighted by molar-refractivity contribution is -0.137. The Labute approximate surface area is 177 Å². The minimum Gasteiger partial charge on any atom is -0.478 e. The lowest BCUT2D eigenvalue weighted by Crippen LogP contribution is -2.09. The number of aromatic nitrogens is 3. The molecule has 0 saturated carbocycles. The summed E-state index contributed by atoms with van der Waals surface area (Å²) in [6, 6.07) is 11.5. The van der Waals surface area contributed by atoms with Crippen molar-refractivity contribution in [3.63, 3.8) is 0 Å².